The van der Waals surface area contributed by atoms with Gasteiger partial charge in [-0.2, -0.15) is 5.26 Å². The fourth-order valence-corrected chi connectivity index (χ4v) is 2.87. The summed E-state index contributed by atoms with van der Waals surface area (Å²) in [6.07, 6.45) is 3.56. The number of hydrogen-bond donors (Lipinski definition) is 0. The Morgan fingerprint density at radius 1 is 1.35 bits per heavy atom. The molecule has 0 aliphatic carbocycles. The van der Waals surface area contributed by atoms with Gasteiger partial charge in [0, 0.05) is 9.79 Å². The highest BCUT2D eigenvalue weighted by atomic mass is 32.2. The molecule has 3 nitrogen and oxygen atoms in total. The van der Waals surface area contributed by atoms with Crippen LogP contribution in [0.5, 0.6) is 0 Å². The standard InChI is InChI=1S/C12H10N2OS2/c1-8-7-15-12(14-8)17-11-5-3-4-10(16-2)9(11)6-13/h3-5,7H,1-2H3. The Morgan fingerprint density at radius 3 is 2.71 bits per heavy atom. The quantitative estimate of drug-likeness (QED) is 0.789. The maximum Gasteiger partial charge on any atom is 0.260 e. The first-order chi connectivity index (χ1) is 8.24. The zero-order valence-corrected chi connectivity index (χ0v) is 11.1. The van der Waals surface area contributed by atoms with Gasteiger partial charge in [-0.05, 0) is 37.1 Å². The Morgan fingerprint density at radius 2 is 2.12 bits per heavy atom. The third-order valence-corrected chi connectivity index (χ3v) is 3.82. The second kappa shape index (κ2) is 5.30. The van der Waals surface area contributed by atoms with E-state index in [0.717, 1.165) is 15.5 Å². The second-order valence-electron chi connectivity index (χ2n) is 3.30. The Kier molecular flexibility index (Phi) is 3.77. The number of aryl methyl sites for hydroxylation is 1. The Bertz CT molecular complexity index is 572. The van der Waals surface area contributed by atoms with Crippen molar-refractivity contribution in [1.29, 1.82) is 5.26 Å². The van der Waals surface area contributed by atoms with Crippen LogP contribution < -0.4 is 0 Å². The third-order valence-electron chi connectivity index (χ3n) is 2.11. The number of hydrogen-bond acceptors (Lipinski definition) is 5. The van der Waals surface area contributed by atoms with Crippen LogP contribution in [-0.4, -0.2) is 11.2 Å². The number of oxazole rings is 1. The molecule has 86 valence electrons. The Hall–Kier alpha value is -1.38. The van der Waals surface area contributed by atoms with Crippen molar-refractivity contribution in [3.05, 3.63) is 35.7 Å². The number of aromatic nitrogens is 1. The zero-order chi connectivity index (χ0) is 12.3. The molecule has 0 radical (unpaired) electrons. The Balaban J connectivity index is 2.36. The number of thioether (sulfide) groups is 1. The Labute approximate surface area is 108 Å². The van der Waals surface area contributed by atoms with Gasteiger partial charge >= 0.3 is 0 Å². The fourth-order valence-electron chi connectivity index (χ4n) is 1.35. The minimum Gasteiger partial charge on any atom is -0.439 e. The first-order valence-electron chi connectivity index (χ1n) is 4.91. The van der Waals surface area contributed by atoms with Crippen molar-refractivity contribution < 1.29 is 4.42 Å². The molecule has 17 heavy (non-hydrogen) atoms. The van der Waals surface area contributed by atoms with E-state index in [9.17, 15) is 5.26 Å². The summed E-state index contributed by atoms with van der Waals surface area (Å²) in [5, 5.41) is 9.75. The van der Waals surface area contributed by atoms with Gasteiger partial charge in [0.15, 0.2) is 0 Å². The molecule has 0 bridgehead atoms. The normalized spacial score (nSPS) is 10.2. The van der Waals surface area contributed by atoms with Gasteiger partial charge in [0.25, 0.3) is 5.22 Å². The topological polar surface area (TPSA) is 49.8 Å². The van der Waals surface area contributed by atoms with Gasteiger partial charge in [-0.25, -0.2) is 4.98 Å². The molecule has 0 aliphatic rings. The van der Waals surface area contributed by atoms with Crippen LogP contribution in [0.1, 0.15) is 11.3 Å². The maximum absolute atomic E-state index is 9.19. The molecule has 0 unspecified atom stereocenters. The lowest BCUT2D eigenvalue weighted by Crippen LogP contribution is -1.85. The minimum atomic E-state index is 0.567. The van der Waals surface area contributed by atoms with Gasteiger partial charge in [-0.3, -0.25) is 0 Å². The summed E-state index contributed by atoms with van der Waals surface area (Å²) < 4.78 is 5.28. The third kappa shape index (κ3) is 2.65. The van der Waals surface area contributed by atoms with E-state index >= 15 is 0 Å². The monoisotopic (exact) mass is 262 g/mol. The summed E-state index contributed by atoms with van der Waals surface area (Å²) in [7, 11) is 0. The lowest BCUT2D eigenvalue weighted by molar-refractivity contribution is 0.454. The summed E-state index contributed by atoms with van der Waals surface area (Å²) >= 11 is 2.94. The number of nitrogens with zero attached hydrogens (tertiary/aromatic N) is 2. The largest absolute Gasteiger partial charge is 0.439 e. The highest BCUT2D eigenvalue weighted by Crippen LogP contribution is 2.33. The van der Waals surface area contributed by atoms with E-state index < -0.39 is 0 Å². The first-order valence-corrected chi connectivity index (χ1v) is 6.96. The molecule has 0 saturated carbocycles. The van der Waals surface area contributed by atoms with E-state index in [2.05, 4.69) is 11.1 Å². The summed E-state index contributed by atoms with van der Waals surface area (Å²) in [6, 6.07) is 8.01. The number of rotatable bonds is 3. The van der Waals surface area contributed by atoms with E-state index in [-0.39, 0.29) is 0 Å². The summed E-state index contributed by atoms with van der Waals surface area (Å²) in [5.74, 6) is 0. The summed E-state index contributed by atoms with van der Waals surface area (Å²) in [6.45, 7) is 1.87. The van der Waals surface area contributed by atoms with Crippen LogP contribution in [0.2, 0.25) is 0 Å². The van der Waals surface area contributed by atoms with E-state index in [0.29, 0.717) is 10.8 Å². The molecular formula is C12H10N2OS2. The van der Waals surface area contributed by atoms with Crippen LogP contribution in [0.15, 0.2) is 43.9 Å². The molecule has 0 fully saturated rings. The molecule has 0 aliphatic heterocycles. The van der Waals surface area contributed by atoms with Crippen molar-refractivity contribution in [3.8, 4) is 6.07 Å². The first kappa shape index (κ1) is 12.1. The predicted molar refractivity (Wildman–Crippen MR) is 68.3 cm³/mol. The molecule has 1 aromatic heterocycles. The average Bonchev–Trinajstić information content (AvgIpc) is 2.74. The van der Waals surface area contributed by atoms with Crippen LogP contribution in [0.25, 0.3) is 0 Å². The van der Waals surface area contributed by atoms with Gasteiger partial charge in [0.05, 0.1) is 11.3 Å². The van der Waals surface area contributed by atoms with Crippen LogP contribution in [-0.2, 0) is 0 Å². The van der Waals surface area contributed by atoms with Crippen molar-refractivity contribution in [1.82, 2.24) is 4.98 Å². The van der Waals surface area contributed by atoms with Crippen molar-refractivity contribution >= 4 is 23.5 Å². The van der Waals surface area contributed by atoms with Crippen LogP contribution in [0.3, 0.4) is 0 Å². The molecule has 0 N–H and O–H groups in total. The van der Waals surface area contributed by atoms with E-state index in [4.69, 9.17) is 4.42 Å². The average molecular weight is 262 g/mol. The van der Waals surface area contributed by atoms with Gasteiger partial charge in [0.1, 0.15) is 12.3 Å². The summed E-state index contributed by atoms with van der Waals surface area (Å²) in [5.41, 5.74) is 1.52. The van der Waals surface area contributed by atoms with Crippen LogP contribution in [0.4, 0.5) is 0 Å². The molecule has 1 aromatic carbocycles. The lowest BCUT2D eigenvalue weighted by atomic mass is 10.2. The molecule has 0 amide bonds. The van der Waals surface area contributed by atoms with Gasteiger partial charge in [-0.15, -0.1) is 11.8 Å². The highest BCUT2D eigenvalue weighted by Gasteiger charge is 2.11. The van der Waals surface area contributed by atoms with Crippen molar-refractivity contribution in [2.24, 2.45) is 0 Å². The molecule has 5 heteroatoms. The fraction of sp³-hybridized carbons (Fsp3) is 0.167. The van der Waals surface area contributed by atoms with Crippen molar-refractivity contribution in [2.45, 2.75) is 21.9 Å². The zero-order valence-electron chi connectivity index (χ0n) is 9.43. The predicted octanol–water partition coefficient (Wildman–Crippen LogP) is 3.73. The molecule has 2 rings (SSSR count). The smallest absolute Gasteiger partial charge is 0.260 e. The van der Waals surface area contributed by atoms with Crippen molar-refractivity contribution in [3.63, 3.8) is 0 Å². The molecule has 0 saturated heterocycles. The SMILES string of the molecule is CSc1cccc(Sc2nc(C)co2)c1C#N. The summed E-state index contributed by atoms with van der Waals surface area (Å²) in [4.78, 5) is 6.07. The van der Waals surface area contributed by atoms with Crippen LogP contribution in [0, 0.1) is 18.3 Å². The van der Waals surface area contributed by atoms with Gasteiger partial charge in [-0.1, -0.05) is 6.07 Å². The van der Waals surface area contributed by atoms with Gasteiger partial charge in [0.2, 0.25) is 0 Å². The molecule has 2 aromatic rings. The molecule has 0 spiro atoms. The van der Waals surface area contributed by atoms with Gasteiger partial charge < -0.3 is 4.42 Å². The van der Waals surface area contributed by atoms with Crippen LogP contribution >= 0.6 is 23.5 Å². The van der Waals surface area contributed by atoms with E-state index in [1.165, 1.54) is 11.8 Å². The number of nitriles is 1. The number of benzene rings is 1. The van der Waals surface area contributed by atoms with E-state index in [1.54, 1.807) is 18.0 Å². The highest BCUT2D eigenvalue weighted by molar-refractivity contribution is 7.99. The molecule has 1 heterocycles. The molecule has 0 atom stereocenters. The second-order valence-corrected chi connectivity index (χ2v) is 5.14. The van der Waals surface area contributed by atoms with E-state index in [1.807, 2.05) is 31.4 Å². The maximum atomic E-state index is 9.19. The minimum absolute atomic E-state index is 0.567. The lowest BCUT2D eigenvalue weighted by Gasteiger charge is -2.04. The molecular weight excluding hydrogens is 252 g/mol. The van der Waals surface area contributed by atoms with Crippen molar-refractivity contribution in [2.75, 3.05) is 6.26 Å².